The summed E-state index contributed by atoms with van der Waals surface area (Å²) in [6, 6.07) is 9.41. The lowest BCUT2D eigenvalue weighted by molar-refractivity contribution is -0.139. The Hall–Kier alpha value is -3.02. The van der Waals surface area contributed by atoms with Gasteiger partial charge in [0.1, 0.15) is 12.0 Å². The molecule has 2 N–H and O–H groups in total. The smallest absolute Gasteiger partial charge is 0.309 e. The lowest BCUT2D eigenvalue weighted by atomic mass is 10.3. The number of amides is 2. The van der Waals surface area contributed by atoms with Crippen LogP contribution in [0.3, 0.4) is 0 Å². The molecular formula is C19H22N4O6S. The van der Waals surface area contributed by atoms with Gasteiger partial charge < -0.3 is 20.1 Å². The van der Waals surface area contributed by atoms with E-state index >= 15 is 0 Å². The van der Waals surface area contributed by atoms with Crippen LogP contribution in [0.15, 0.2) is 53.7 Å². The third-order valence-corrected chi connectivity index (χ3v) is 6.36. The van der Waals surface area contributed by atoms with Crippen molar-refractivity contribution in [2.45, 2.75) is 17.7 Å². The predicted octanol–water partition coefficient (Wildman–Crippen LogP) is -0.130. The van der Waals surface area contributed by atoms with Gasteiger partial charge in [0.25, 0.3) is 0 Å². The van der Waals surface area contributed by atoms with Gasteiger partial charge in [0.05, 0.1) is 25.2 Å². The van der Waals surface area contributed by atoms with Gasteiger partial charge in [0.15, 0.2) is 0 Å². The van der Waals surface area contributed by atoms with E-state index in [-0.39, 0.29) is 31.1 Å². The first-order chi connectivity index (χ1) is 14.4. The van der Waals surface area contributed by atoms with Crippen molar-refractivity contribution in [3.05, 3.63) is 54.4 Å². The molecule has 160 valence electrons. The fraction of sp³-hybridized carbons (Fsp3) is 0.316. The molecule has 30 heavy (non-hydrogen) atoms. The van der Waals surface area contributed by atoms with Crippen LogP contribution >= 0.6 is 0 Å². The number of benzene rings is 1. The number of hydrogen-bond acceptors (Lipinski definition) is 7. The molecule has 0 bridgehead atoms. The van der Waals surface area contributed by atoms with E-state index in [1.807, 2.05) is 0 Å². The summed E-state index contributed by atoms with van der Waals surface area (Å²) in [6.45, 7) is 0.344. The minimum Gasteiger partial charge on any atom is -0.497 e. The van der Waals surface area contributed by atoms with Crippen LogP contribution in [0.25, 0.3) is 0 Å². The number of pyridine rings is 1. The maximum absolute atomic E-state index is 12.9. The van der Waals surface area contributed by atoms with E-state index in [2.05, 4.69) is 15.6 Å². The van der Waals surface area contributed by atoms with E-state index in [1.165, 1.54) is 19.2 Å². The molecule has 1 aromatic heterocycles. The molecule has 1 aliphatic rings. The molecule has 2 aromatic rings. The topological polar surface area (TPSA) is 127 Å². The highest BCUT2D eigenvalue weighted by molar-refractivity contribution is 7.89. The van der Waals surface area contributed by atoms with E-state index in [4.69, 9.17) is 9.47 Å². The largest absolute Gasteiger partial charge is 0.497 e. The number of carbonyl (C=O) groups is 2. The Balaban J connectivity index is 1.56. The van der Waals surface area contributed by atoms with Crippen LogP contribution in [0.2, 0.25) is 0 Å². The van der Waals surface area contributed by atoms with Crippen molar-refractivity contribution >= 4 is 21.8 Å². The summed E-state index contributed by atoms with van der Waals surface area (Å²) in [6.07, 6.45) is 2.25. The van der Waals surface area contributed by atoms with Crippen LogP contribution < -0.4 is 15.4 Å². The number of ether oxygens (including phenoxy) is 2. The van der Waals surface area contributed by atoms with Crippen molar-refractivity contribution in [3.63, 3.8) is 0 Å². The van der Waals surface area contributed by atoms with Gasteiger partial charge in [-0.1, -0.05) is 0 Å². The standard InChI is InChI=1S/C19H22N4O6S/c1-28-15-2-4-16(5-3-15)30(26,27)23-10-11-29-17(23)13-22-19(25)18(24)21-12-14-6-8-20-9-7-14/h2-9,17H,10-13H2,1H3,(H,21,24)(H,22,25)/t17-/m1/s1. The van der Waals surface area contributed by atoms with Crippen molar-refractivity contribution in [2.24, 2.45) is 0 Å². The Morgan fingerprint density at radius 3 is 2.47 bits per heavy atom. The first kappa shape index (κ1) is 21.7. The van der Waals surface area contributed by atoms with E-state index in [0.29, 0.717) is 5.75 Å². The van der Waals surface area contributed by atoms with Crippen LogP contribution in [0.5, 0.6) is 5.75 Å². The Morgan fingerprint density at radius 1 is 1.13 bits per heavy atom. The van der Waals surface area contributed by atoms with Gasteiger partial charge in [-0.3, -0.25) is 14.6 Å². The molecular weight excluding hydrogens is 412 g/mol. The van der Waals surface area contributed by atoms with Crippen LogP contribution in [-0.2, 0) is 30.9 Å². The quantitative estimate of drug-likeness (QED) is 0.581. The van der Waals surface area contributed by atoms with Gasteiger partial charge >= 0.3 is 11.8 Å². The lowest BCUT2D eigenvalue weighted by Crippen LogP contribution is -2.47. The third kappa shape index (κ3) is 5.12. The monoisotopic (exact) mass is 434 g/mol. The molecule has 11 heteroatoms. The number of nitrogens with zero attached hydrogens (tertiary/aromatic N) is 2. The molecule has 2 amide bonds. The summed E-state index contributed by atoms with van der Waals surface area (Å²) in [7, 11) is -2.34. The number of aromatic nitrogens is 1. The molecule has 0 spiro atoms. The predicted molar refractivity (Wildman–Crippen MR) is 106 cm³/mol. The molecule has 1 atom stereocenters. The van der Waals surface area contributed by atoms with E-state index in [0.717, 1.165) is 9.87 Å². The fourth-order valence-corrected chi connectivity index (χ4v) is 4.36. The maximum Gasteiger partial charge on any atom is 0.309 e. The first-order valence-electron chi connectivity index (χ1n) is 9.14. The number of methoxy groups -OCH3 is 1. The maximum atomic E-state index is 12.9. The van der Waals surface area contributed by atoms with Gasteiger partial charge in [-0.2, -0.15) is 4.31 Å². The zero-order valence-corrected chi connectivity index (χ0v) is 17.1. The van der Waals surface area contributed by atoms with Gasteiger partial charge in [-0.05, 0) is 42.0 Å². The highest BCUT2D eigenvalue weighted by Crippen LogP contribution is 2.23. The van der Waals surface area contributed by atoms with Gasteiger partial charge in [-0.25, -0.2) is 8.42 Å². The van der Waals surface area contributed by atoms with Crippen molar-refractivity contribution in [2.75, 3.05) is 26.8 Å². The summed E-state index contributed by atoms with van der Waals surface area (Å²) in [5, 5.41) is 4.91. The number of rotatable bonds is 7. The molecule has 1 saturated heterocycles. The van der Waals surface area contributed by atoms with Gasteiger partial charge in [0.2, 0.25) is 10.0 Å². The van der Waals surface area contributed by atoms with Crippen LogP contribution in [0, 0.1) is 0 Å². The molecule has 0 radical (unpaired) electrons. The van der Waals surface area contributed by atoms with Crippen molar-refractivity contribution in [1.82, 2.24) is 19.9 Å². The average molecular weight is 434 g/mol. The zero-order valence-electron chi connectivity index (χ0n) is 16.3. The molecule has 1 aliphatic heterocycles. The number of hydrogen-bond donors (Lipinski definition) is 2. The van der Waals surface area contributed by atoms with E-state index < -0.39 is 28.1 Å². The fourth-order valence-electron chi connectivity index (χ4n) is 2.85. The number of sulfonamides is 1. The molecule has 2 heterocycles. The van der Waals surface area contributed by atoms with Crippen LogP contribution in [0.4, 0.5) is 0 Å². The molecule has 1 fully saturated rings. The second-order valence-corrected chi connectivity index (χ2v) is 8.26. The van der Waals surface area contributed by atoms with Crippen molar-refractivity contribution in [1.29, 1.82) is 0 Å². The SMILES string of the molecule is COc1ccc(S(=O)(=O)N2CCO[C@@H]2CNC(=O)C(=O)NCc2ccncc2)cc1. The zero-order chi connectivity index (χ0) is 21.6. The van der Waals surface area contributed by atoms with Gasteiger partial charge in [-0.15, -0.1) is 0 Å². The van der Waals surface area contributed by atoms with Crippen molar-refractivity contribution < 1.29 is 27.5 Å². The lowest BCUT2D eigenvalue weighted by Gasteiger charge is -2.23. The first-order valence-corrected chi connectivity index (χ1v) is 10.6. The number of nitrogens with one attached hydrogen (secondary N) is 2. The second-order valence-electron chi connectivity index (χ2n) is 6.36. The second kappa shape index (κ2) is 9.65. The Labute approximate surface area is 174 Å². The molecule has 10 nitrogen and oxygen atoms in total. The summed E-state index contributed by atoms with van der Waals surface area (Å²) in [5.41, 5.74) is 0.794. The molecule has 0 saturated carbocycles. The van der Waals surface area contributed by atoms with E-state index in [1.54, 1.807) is 36.7 Å². The van der Waals surface area contributed by atoms with Crippen LogP contribution in [0.1, 0.15) is 5.56 Å². The third-order valence-electron chi connectivity index (χ3n) is 4.46. The Kier molecular flexibility index (Phi) is 6.98. The van der Waals surface area contributed by atoms with Crippen LogP contribution in [-0.4, -0.2) is 62.6 Å². The summed E-state index contributed by atoms with van der Waals surface area (Å²) in [4.78, 5) is 28.0. The molecule has 0 aliphatic carbocycles. The minimum atomic E-state index is -3.83. The molecule has 3 rings (SSSR count). The van der Waals surface area contributed by atoms with Crippen molar-refractivity contribution in [3.8, 4) is 5.75 Å². The van der Waals surface area contributed by atoms with E-state index in [9.17, 15) is 18.0 Å². The Morgan fingerprint density at radius 2 is 1.80 bits per heavy atom. The summed E-state index contributed by atoms with van der Waals surface area (Å²) in [5.74, 6) is -1.16. The normalized spacial score (nSPS) is 16.8. The molecule has 1 aromatic carbocycles. The minimum absolute atomic E-state index is 0.0835. The van der Waals surface area contributed by atoms with Gasteiger partial charge in [0, 0.05) is 25.5 Å². The Bertz CT molecular complexity index is 982. The number of carbonyl (C=O) groups excluding carboxylic acids is 2. The average Bonchev–Trinajstić information content (AvgIpc) is 3.26. The summed E-state index contributed by atoms with van der Waals surface area (Å²) < 4.78 is 37.4. The highest BCUT2D eigenvalue weighted by atomic mass is 32.2. The summed E-state index contributed by atoms with van der Waals surface area (Å²) >= 11 is 0. The highest BCUT2D eigenvalue weighted by Gasteiger charge is 2.36. The molecule has 0 unspecified atom stereocenters.